The molecule has 2 rings (SSSR count). The second-order valence-corrected chi connectivity index (χ2v) is 3.40. The molecule has 0 aromatic heterocycles. The lowest BCUT2D eigenvalue weighted by Crippen LogP contribution is -2.25. The van der Waals surface area contributed by atoms with Crippen molar-refractivity contribution < 1.29 is 24.5 Å². The van der Waals surface area contributed by atoms with E-state index >= 15 is 0 Å². The van der Waals surface area contributed by atoms with Gasteiger partial charge in [0.15, 0.2) is 6.10 Å². The van der Waals surface area contributed by atoms with E-state index in [9.17, 15) is 14.7 Å². The van der Waals surface area contributed by atoms with E-state index in [1.807, 2.05) is 5.32 Å². The van der Waals surface area contributed by atoms with Crippen LogP contribution in [0.1, 0.15) is 5.56 Å². The van der Waals surface area contributed by atoms with Gasteiger partial charge in [-0.15, -0.1) is 0 Å². The molecule has 6 nitrogen and oxygen atoms in total. The molecule has 0 spiro atoms. The van der Waals surface area contributed by atoms with Crippen molar-refractivity contribution in [3.05, 3.63) is 23.8 Å². The minimum atomic E-state index is -0.928. The zero-order valence-electron chi connectivity index (χ0n) is 8.14. The predicted molar refractivity (Wildman–Crippen MR) is 51.9 cm³/mol. The molecule has 1 heterocycles. The minimum absolute atomic E-state index is 0.0731. The van der Waals surface area contributed by atoms with Crippen molar-refractivity contribution in [3.8, 4) is 11.5 Å². The molecule has 1 aromatic rings. The Bertz CT molecular complexity index is 457. The Balaban J connectivity index is 2.15. The molecule has 6 heteroatoms. The number of carbonyl (C=O) groups is 2. The molecule has 84 valence electrons. The molecule has 1 atom stereocenters. The average molecular weight is 223 g/mol. The van der Waals surface area contributed by atoms with Crippen LogP contribution in [-0.4, -0.2) is 28.3 Å². The number of cyclic esters (lactones) is 1. The molecule has 2 amide bonds. The zero-order valence-corrected chi connectivity index (χ0v) is 8.14. The van der Waals surface area contributed by atoms with Crippen molar-refractivity contribution in [3.63, 3.8) is 0 Å². The maximum absolute atomic E-state index is 11.2. The van der Waals surface area contributed by atoms with E-state index in [1.165, 1.54) is 12.1 Å². The first-order valence-corrected chi connectivity index (χ1v) is 4.58. The summed E-state index contributed by atoms with van der Waals surface area (Å²) in [6.45, 7) is 0. The summed E-state index contributed by atoms with van der Waals surface area (Å²) >= 11 is 0. The largest absolute Gasteiger partial charge is 0.508 e. The van der Waals surface area contributed by atoms with E-state index in [4.69, 9.17) is 5.11 Å². The van der Waals surface area contributed by atoms with E-state index in [-0.39, 0.29) is 17.9 Å². The lowest BCUT2D eigenvalue weighted by Gasteiger charge is -2.08. The zero-order chi connectivity index (χ0) is 11.7. The maximum atomic E-state index is 11.2. The molecule has 16 heavy (non-hydrogen) atoms. The number of carbonyl (C=O) groups excluding carboxylic acids is 2. The summed E-state index contributed by atoms with van der Waals surface area (Å²) in [5.41, 5.74) is 0.424. The number of amides is 2. The van der Waals surface area contributed by atoms with Crippen LogP contribution < -0.4 is 5.32 Å². The molecular formula is C10H9NO5. The number of benzene rings is 1. The highest BCUT2D eigenvalue weighted by Gasteiger charge is 2.32. The van der Waals surface area contributed by atoms with E-state index < -0.39 is 18.1 Å². The molecule has 1 aromatic carbocycles. The molecule has 1 aliphatic heterocycles. The molecule has 1 unspecified atom stereocenters. The van der Waals surface area contributed by atoms with Crippen LogP contribution in [0.25, 0.3) is 0 Å². The molecule has 0 radical (unpaired) electrons. The Hall–Kier alpha value is -2.24. The molecule has 0 saturated carbocycles. The number of ether oxygens (including phenoxy) is 1. The average Bonchev–Trinajstić information content (AvgIpc) is 2.50. The van der Waals surface area contributed by atoms with Crippen molar-refractivity contribution in [2.75, 3.05) is 0 Å². The van der Waals surface area contributed by atoms with Gasteiger partial charge in [0.1, 0.15) is 11.5 Å². The van der Waals surface area contributed by atoms with Crippen molar-refractivity contribution in [2.45, 2.75) is 12.5 Å². The smallest absolute Gasteiger partial charge is 0.414 e. The van der Waals surface area contributed by atoms with Crippen molar-refractivity contribution >= 4 is 12.0 Å². The van der Waals surface area contributed by atoms with Crippen molar-refractivity contribution in [1.82, 2.24) is 5.32 Å². The van der Waals surface area contributed by atoms with Crippen LogP contribution in [0, 0.1) is 0 Å². The standard InChI is InChI=1S/C10H9NO5/c12-6-2-1-5(7(13)4-6)3-8-9(14)11-10(15)16-8/h1-2,4,8,12-13H,3H2,(H,11,14,15). The Kier molecular flexibility index (Phi) is 2.40. The first kappa shape index (κ1) is 10.3. The van der Waals surface area contributed by atoms with Crippen molar-refractivity contribution in [1.29, 1.82) is 0 Å². The van der Waals surface area contributed by atoms with Crippen LogP contribution in [0.4, 0.5) is 4.79 Å². The fourth-order valence-electron chi connectivity index (χ4n) is 1.45. The summed E-state index contributed by atoms with van der Waals surface area (Å²) in [5, 5.41) is 20.5. The fraction of sp³-hybridized carbons (Fsp3) is 0.200. The van der Waals surface area contributed by atoms with Crippen LogP contribution in [0.5, 0.6) is 11.5 Å². The van der Waals surface area contributed by atoms with Crippen LogP contribution in [-0.2, 0) is 16.0 Å². The van der Waals surface area contributed by atoms with E-state index in [1.54, 1.807) is 0 Å². The molecular weight excluding hydrogens is 214 g/mol. The van der Waals surface area contributed by atoms with Gasteiger partial charge in [0.2, 0.25) is 0 Å². The van der Waals surface area contributed by atoms with Gasteiger partial charge in [-0.25, -0.2) is 4.79 Å². The van der Waals surface area contributed by atoms with Gasteiger partial charge < -0.3 is 14.9 Å². The van der Waals surface area contributed by atoms with Crippen LogP contribution in [0.2, 0.25) is 0 Å². The van der Waals surface area contributed by atoms with Gasteiger partial charge in [-0.2, -0.15) is 0 Å². The number of hydrogen-bond donors (Lipinski definition) is 3. The number of phenols is 2. The number of alkyl carbamates (subject to hydrolysis) is 1. The summed E-state index contributed by atoms with van der Waals surface area (Å²) in [6.07, 6.45) is -1.64. The van der Waals surface area contributed by atoms with E-state index in [0.717, 1.165) is 6.07 Å². The second-order valence-electron chi connectivity index (χ2n) is 3.40. The Morgan fingerprint density at radius 2 is 2.06 bits per heavy atom. The van der Waals surface area contributed by atoms with Gasteiger partial charge in [0, 0.05) is 12.5 Å². The summed E-state index contributed by atoms with van der Waals surface area (Å²) in [5.74, 6) is -0.748. The summed E-state index contributed by atoms with van der Waals surface area (Å²) in [6, 6.07) is 4.00. The van der Waals surface area contributed by atoms with Gasteiger partial charge >= 0.3 is 6.09 Å². The van der Waals surface area contributed by atoms with Gasteiger partial charge in [-0.05, 0) is 11.6 Å². The third-order valence-electron chi connectivity index (χ3n) is 2.24. The first-order chi connectivity index (χ1) is 7.56. The molecule has 1 fully saturated rings. The van der Waals surface area contributed by atoms with Gasteiger partial charge in [0.25, 0.3) is 5.91 Å². The van der Waals surface area contributed by atoms with Crippen LogP contribution in [0.15, 0.2) is 18.2 Å². The van der Waals surface area contributed by atoms with E-state index in [0.29, 0.717) is 5.56 Å². The SMILES string of the molecule is O=C1NC(=O)C(Cc2ccc(O)cc2O)O1. The monoisotopic (exact) mass is 223 g/mol. The third-order valence-corrected chi connectivity index (χ3v) is 2.24. The number of phenolic OH excluding ortho intramolecular Hbond substituents is 2. The van der Waals surface area contributed by atoms with Crippen LogP contribution >= 0.6 is 0 Å². The molecule has 0 bridgehead atoms. The first-order valence-electron chi connectivity index (χ1n) is 4.58. The summed E-state index contributed by atoms with van der Waals surface area (Å²) in [4.78, 5) is 21.9. The Morgan fingerprint density at radius 1 is 1.31 bits per heavy atom. The normalized spacial score (nSPS) is 19.4. The molecule has 0 aliphatic carbocycles. The lowest BCUT2D eigenvalue weighted by molar-refractivity contribution is -0.123. The topological polar surface area (TPSA) is 95.9 Å². The van der Waals surface area contributed by atoms with Crippen molar-refractivity contribution in [2.24, 2.45) is 0 Å². The number of rotatable bonds is 2. The highest BCUT2D eigenvalue weighted by atomic mass is 16.6. The number of aromatic hydroxyl groups is 2. The number of hydrogen-bond acceptors (Lipinski definition) is 5. The quantitative estimate of drug-likeness (QED) is 0.669. The van der Waals surface area contributed by atoms with Gasteiger partial charge in [-0.3, -0.25) is 10.1 Å². The third kappa shape index (κ3) is 1.90. The van der Waals surface area contributed by atoms with Gasteiger partial charge in [0.05, 0.1) is 0 Å². The lowest BCUT2D eigenvalue weighted by atomic mass is 10.1. The second kappa shape index (κ2) is 3.73. The predicted octanol–water partition coefficient (Wildman–Crippen LogP) is 0.275. The summed E-state index contributed by atoms with van der Waals surface area (Å²) < 4.78 is 4.69. The molecule has 1 saturated heterocycles. The Labute approximate surface area is 90.5 Å². The van der Waals surface area contributed by atoms with E-state index in [2.05, 4.69) is 4.74 Å². The minimum Gasteiger partial charge on any atom is -0.508 e. The number of nitrogens with one attached hydrogen (secondary N) is 1. The van der Waals surface area contributed by atoms with Crippen LogP contribution in [0.3, 0.4) is 0 Å². The highest BCUT2D eigenvalue weighted by molar-refractivity contribution is 6.00. The summed E-state index contributed by atoms with van der Waals surface area (Å²) in [7, 11) is 0. The maximum Gasteiger partial charge on any atom is 0.414 e. The Morgan fingerprint density at radius 3 is 2.62 bits per heavy atom. The molecule has 1 aliphatic rings. The van der Waals surface area contributed by atoms with Gasteiger partial charge in [-0.1, -0.05) is 6.07 Å². The molecule has 3 N–H and O–H groups in total. The number of imide groups is 1. The highest BCUT2D eigenvalue weighted by Crippen LogP contribution is 2.24. The fourth-order valence-corrected chi connectivity index (χ4v) is 1.45.